The van der Waals surface area contributed by atoms with Gasteiger partial charge in [-0.05, 0) is 55.3 Å². The second kappa shape index (κ2) is 7.52. The number of halogens is 1. The van der Waals surface area contributed by atoms with E-state index in [1.54, 1.807) is 17.2 Å². The van der Waals surface area contributed by atoms with E-state index in [1.807, 2.05) is 74.5 Å². The molecule has 0 unspecified atom stereocenters. The molecule has 3 aromatic carbocycles. The first-order valence-electron chi connectivity index (χ1n) is 10.2. The largest absolute Gasteiger partial charge is 0.273 e. The zero-order valence-electron chi connectivity index (χ0n) is 17.2. The molecule has 2 fully saturated rings. The van der Waals surface area contributed by atoms with Crippen molar-refractivity contribution in [1.29, 1.82) is 0 Å². The van der Waals surface area contributed by atoms with E-state index in [4.69, 9.17) is 16.4 Å². The first kappa shape index (κ1) is 19.8. The first-order chi connectivity index (χ1) is 15.0. The average molecular weight is 433 g/mol. The van der Waals surface area contributed by atoms with Gasteiger partial charge in [0.05, 0.1) is 17.4 Å². The number of benzene rings is 3. The molecule has 156 valence electrons. The predicted molar refractivity (Wildman–Crippen MR) is 120 cm³/mol. The molecule has 0 aromatic heterocycles. The third-order valence-corrected chi connectivity index (χ3v) is 6.18. The van der Waals surface area contributed by atoms with Crippen molar-refractivity contribution in [3.05, 3.63) is 94.5 Å². The zero-order chi connectivity index (χ0) is 21.7. The van der Waals surface area contributed by atoms with Crippen LogP contribution in [0.15, 0.2) is 72.8 Å². The first-order valence-corrected chi connectivity index (χ1v) is 10.5. The van der Waals surface area contributed by atoms with Gasteiger partial charge in [-0.25, -0.2) is 9.96 Å². The number of aryl methyl sites for hydroxylation is 2. The Bertz CT molecular complexity index is 1160. The monoisotopic (exact) mass is 432 g/mol. The van der Waals surface area contributed by atoms with E-state index < -0.39 is 18.1 Å². The van der Waals surface area contributed by atoms with E-state index in [-0.39, 0.29) is 11.8 Å². The topological polar surface area (TPSA) is 49.9 Å². The minimum Gasteiger partial charge on any atom is -0.273 e. The molecule has 6 heteroatoms. The molecule has 3 aromatic rings. The van der Waals surface area contributed by atoms with Crippen molar-refractivity contribution in [2.45, 2.75) is 26.0 Å². The van der Waals surface area contributed by atoms with Crippen LogP contribution < -0.4 is 9.96 Å². The lowest BCUT2D eigenvalue weighted by Crippen LogP contribution is -2.37. The van der Waals surface area contributed by atoms with Gasteiger partial charge in [-0.2, -0.15) is 0 Å². The molecule has 2 aliphatic rings. The molecule has 2 aliphatic heterocycles. The van der Waals surface area contributed by atoms with Crippen molar-refractivity contribution in [3.63, 3.8) is 0 Å². The highest BCUT2D eigenvalue weighted by molar-refractivity contribution is 6.30. The fraction of sp³-hybridized carbons (Fsp3) is 0.200. The van der Waals surface area contributed by atoms with Crippen LogP contribution in [0.5, 0.6) is 0 Å². The number of hydrogen-bond donors (Lipinski definition) is 0. The lowest BCUT2D eigenvalue weighted by atomic mass is 9.90. The summed E-state index contributed by atoms with van der Waals surface area (Å²) < 4.78 is 0. The lowest BCUT2D eigenvalue weighted by molar-refractivity contribution is -0.126. The Hall–Kier alpha value is -3.15. The van der Waals surface area contributed by atoms with Gasteiger partial charge in [0.15, 0.2) is 6.10 Å². The van der Waals surface area contributed by atoms with Crippen molar-refractivity contribution in [3.8, 4) is 0 Å². The Morgan fingerprint density at radius 1 is 0.871 bits per heavy atom. The summed E-state index contributed by atoms with van der Waals surface area (Å²) in [5.41, 5.74) is 4.22. The molecular formula is C25H21ClN2O3. The van der Waals surface area contributed by atoms with Crippen molar-refractivity contribution in [1.82, 2.24) is 0 Å². The molecule has 2 heterocycles. The minimum absolute atomic E-state index is 0.250. The Kier molecular flexibility index (Phi) is 4.80. The fourth-order valence-electron chi connectivity index (χ4n) is 4.51. The maximum Gasteiger partial charge on any atom is 0.266 e. The number of para-hydroxylation sites is 1. The standard InChI is InChI=1S/C25H21ClN2O3/c1-15-8-13-20(16(2)14-15)27-24(29)21-22(17-9-11-18(26)12-10-17)28(31-23(21)25(27)30)19-6-4-3-5-7-19/h3-14,21-23H,1-2H3/t21-,22-,23-/m0/s1. The number of rotatable bonds is 3. The van der Waals surface area contributed by atoms with Crippen LogP contribution in [0.1, 0.15) is 22.7 Å². The Morgan fingerprint density at radius 3 is 2.26 bits per heavy atom. The molecule has 0 radical (unpaired) electrons. The van der Waals surface area contributed by atoms with Crippen LogP contribution in [0, 0.1) is 19.8 Å². The third kappa shape index (κ3) is 3.21. The molecule has 31 heavy (non-hydrogen) atoms. The molecule has 5 rings (SSSR count). The molecule has 0 aliphatic carbocycles. The summed E-state index contributed by atoms with van der Waals surface area (Å²) in [6, 6.07) is 22.1. The van der Waals surface area contributed by atoms with Gasteiger partial charge in [0, 0.05) is 5.02 Å². The van der Waals surface area contributed by atoms with Crippen LogP contribution in [0.3, 0.4) is 0 Å². The van der Waals surface area contributed by atoms with E-state index in [9.17, 15) is 9.59 Å². The van der Waals surface area contributed by atoms with E-state index in [2.05, 4.69) is 0 Å². The number of hydroxylamine groups is 1. The highest BCUT2D eigenvalue weighted by atomic mass is 35.5. The van der Waals surface area contributed by atoms with Gasteiger partial charge in [0.25, 0.3) is 5.91 Å². The quantitative estimate of drug-likeness (QED) is 0.546. The van der Waals surface area contributed by atoms with Crippen LogP contribution in [-0.2, 0) is 14.4 Å². The summed E-state index contributed by atoms with van der Waals surface area (Å²) in [7, 11) is 0. The lowest BCUT2D eigenvalue weighted by Gasteiger charge is -2.29. The van der Waals surface area contributed by atoms with Crippen molar-refractivity contribution in [2.75, 3.05) is 9.96 Å². The molecule has 0 saturated carbocycles. The molecular weight excluding hydrogens is 412 g/mol. The number of hydrogen-bond acceptors (Lipinski definition) is 4. The van der Waals surface area contributed by atoms with Gasteiger partial charge < -0.3 is 0 Å². The second-order valence-electron chi connectivity index (χ2n) is 8.01. The maximum absolute atomic E-state index is 13.6. The summed E-state index contributed by atoms with van der Waals surface area (Å²) in [5.74, 6) is -1.24. The average Bonchev–Trinajstić information content (AvgIpc) is 3.26. The van der Waals surface area contributed by atoms with Crippen LogP contribution in [-0.4, -0.2) is 17.9 Å². The molecule has 2 saturated heterocycles. The number of carbonyl (C=O) groups excluding carboxylic acids is 2. The van der Waals surface area contributed by atoms with E-state index in [0.29, 0.717) is 10.7 Å². The van der Waals surface area contributed by atoms with Crippen molar-refractivity contribution in [2.24, 2.45) is 5.92 Å². The summed E-state index contributed by atoms with van der Waals surface area (Å²) in [4.78, 5) is 34.5. The Balaban J connectivity index is 1.59. The zero-order valence-corrected chi connectivity index (χ0v) is 17.9. The molecule has 0 spiro atoms. The Labute approximate surface area is 185 Å². The third-order valence-electron chi connectivity index (χ3n) is 5.93. The number of anilines is 2. The Morgan fingerprint density at radius 2 is 1.58 bits per heavy atom. The predicted octanol–water partition coefficient (Wildman–Crippen LogP) is 5.01. The molecule has 3 atom stereocenters. The molecule has 2 amide bonds. The van der Waals surface area contributed by atoms with Crippen LogP contribution in [0.2, 0.25) is 5.02 Å². The summed E-state index contributed by atoms with van der Waals surface area (Å²) >= 11 is 6.09. The van der Waals surface area contributed by atoms with Gasteiger partial charge in [-0.1, -0.05) is 59.6 Å². The maximum atomic E-state index is 13.6. The van der Waals surface area contributed by atoms with Gasteiger partial charge in [-0.3, -0.25) is 14.4 Å². The van der Waals surface area contributed by atoms with Crippen molar-refractivity contribution < 1.29 is 14.4 Å². The summed E-state index contributed by atoms with van der Waals surface area (Å²) in [6.07, 6.45) is -0.880. The van der Waals surface area contributed by atoms with Gasteiger partial charge >= 0.3 is 0 Å². The van der Waals surface area contributed by atoms with Crippen LogP contribution in [0.4, 0.5) is 11.4 Å². The van der Waals surface area contributed by atoms with Gasteiger partial charge in [-0.15, -0.1) is 0 Å². The molecule has 5 nitrogen and oxygen atoms in total. The van der Waals surface area contributed by atoms with Gasteiger partial charge in [0.2, 0.25) is 5.91 Å². The normalized spacial score (nSPS) is 22.9. The number of amides is 2. The van der Waals surface area contributed by atoms with Crippen LogP contribution in [0.25, 0.3) is 0 Å². The molecule has 0 bridgehead atoms. The van der Waals surface area contributed by atoms with E-state index in [0.717, 1.165) is 22.4 Å². The van der Waals surface area contributed by atoms with Crippen molar-refractivity contribution >= 4 is 34.8 Å². The SMILES string of the molecule is Cc1ccc(N2C(=O)[C@@H]3[C@H](ON(c4ccccc4)[C@H]3c3ccc(Cl)cc3)C2=O)c(C)c1. The van der Waals surface area contributed by atoms with Gasteiger partial charge in [0.1, 0.15) is 5.92 Å². The number of fused-ring (bicyclic) bond motifs is 1. The minimum atomic E-state index is -0.880. The van der Waals surface area contributed by atoms with Crippen LogP contribution >= 0.6 is 11.6 Å². The fourth-order valence-corrected chi connectivity index (χ4v) is 4.63. The highest BCUT2D eigenvalue weighted by Crippen LogP contribution is 2.48. The highest BCUT2D eigenvalue weighted by Gasteiger charge is 2.60. The smallest absolute Gasteiger partial charge is 0.266 e. The van der Waals surface area contributed by atoms with E-state index >= 15 is 0 Å². The number of nitrogens with zero attached hydrogens (tertiary/aromatic N) is 2. The molecule has 0 N–H and O–H groups in total. The number of imide groups is 1. The summed E-state index contributed by atoms with van der Waals surface area (Å²) in [6.45, 7) is 3.89. The summed E-state index contributed by atoms with van der Waals surface area (Å²) in [5, 5.41) is 2.30. The number of carbonyl (C=O) groups is 2. The van der Waals surface area contributed by atoms with E-state index in [1.165, 1.54) is 4.90 Å². The second-order valence-corrected chi connectivity index (χ2v) is 8.45.